The van der Waals surface area contributed by atoms with Crippen molar-refractivity contribution < 1.29 is 14.3 Å². The topological polar surface area (TPSA) is 73.0 Å². The molecule has 2 aliphatic heterocycles. The number of phenolic OH excluding ortho intramolecular Hbond substituents is 1. The van der Waals surface area contributed by atoms with E-state index in [9.17, 15) is 14.3 Å². The highest BCUT2D eigenvalue weighted by molar-refractivity contribution is 7.98. The van der Waals surface area contributed by atoms with E-state index in [1.807, 2.05) is 17.0 Å². The lowest BCUT2D eigenvalue weighted by Crippen LogP contribution is -2.55. The minimum atomic E-state index is -0.468. The molecule has 0 aromatic heterocycles. The van der Waals surface area contributed by atoms with Crippen LogP contribution in [0.15, 0.2) is 65.6 Å². The number of rotatable bonds is 9. The molecule has 3 N–H and O–H groups in total. The normalized spacial score (nSPS) is 17.4. The molecular formula is C33H41Cl2FN4O2S. The SMILES string of the molecule is CSc1ccccc1CN1CCN(C(=O)[C@H](N)C2CCN(CCc3cc(Cl)ccc3-c3cc(O)ccc3F)CC2)CC1.Cl. The summed E-state index contributed by atoms with van der Waals surface area (Å²) in [5, 5.41) is 10.5. The highest BCUT2D eigenvalue weighted by Crippen LogP contribution is 2.32. The van der Waals surface area contributed by atoms with Gasteiger partial charge in [-0.15, -0.1) is 24.2 Å². The summed E-state index contributed by atoms with van der Waals surface area (Å²) in [4.78, 5) is 21.4. The number of likely N-dealkylation sites (tertiary alicyclic amines) is 1. The first-order valence-corrected chi connectivity index (χ1v) is 16.3. The van der Waals surface area contributed by atoms with E-state index < -0.39 is 6.04 Å². The van der Waals surface area contributed by atoms with Gasteiger partial charge in [0, 0.05) is 54.8 Å². The van der Waals surface area contributed by atoms with Gasteiger partial charge in [0.2, 0.25) is 5.91 Å². The second kappa shape index (κ2) is 15.6. The minimum absolute atomic E-state index is 0. The molecule has 232 valence electrons. The number of phenols is 1. The number of carbonyl (C=O) groups is 1. The number of nitrogens with zero attached hydrogens (tertiary/aromatic N) is 3. The van der Waals surface area contributed by atoms with Gasteiger partial charge in [0.25, 0.3) is 0 Å². The predicted molar refractivity (Wildman–Crippen MR) is 177 cm³/mol. The highest BCUT2D eigenvalue weighted by Gasteiger charge is 2.32. The Morgan fingerprint density at radius 1 is 0.977 bits per heavy atom. The molecule has 43 heavy (non-hydrogen) atoms. The van der Waals surface area contributed by atoms with Gasteiger partial charge in [0.1, 0.15) is 11.6 Å². The lowest BCUT2D eigenvalue weighted by Gasteiger charge is -2.39. The van der Waals surface area contributed by atoms with Crippen LogP contribution in [0.4, 0.5) is 4.39 Å². The Labute approximate surface area is 269 Å². The van der Waals surface area contributed by atoms with Crippen LogP contribution in [0.25, 0.3) is 11.1 Å². The van der Waals surface area contributed by atoms with Crippen LogP contribution < -0.4 is 5.73 Å². The molecular weight excluding hydrogens is 606 g/mol. The number of hydrogen-bond acceptors (Lipinski definition) is 6. The van der Waals surface area contributed by atoms with Crippen molar-refractivity contribution >= 4 is 41.7 Å². The number of nitrogens with two attached hydrogens (primary N) is 1. The number of amides is 1. The molecule has 1 amide bonds. The van der Waals surface area contributed by atoms with Crippen LogP contribution in [0, 0.1) is 11.7 Å². The van der Waals surface area contributed by atoms with Crippen molar-refractivity contribution in [3.63, 3.8) is 0 Å². The molecule has 0 aliphatic carbocycles. The van der Waals surface area contributed by atoms with Crippen LogP contribution in [-0.4, -0.2) is 83.8 Å². The molecule has 10 heteroatoms. The monoisotopic (exact) mass is 646 g/mol. The molecule has 3 aromatic carbocycles. The molecule has 2 heterocycles. The third-order valence-electron chi connectivity index (χ3n) is 8.70. The summed E-state index contributed by atoms with van der Waals surface area (Å²) in [5.41, 5.74) is 9.95. The Balaban J connectivity index is 0.00000423. The van der Waals surface area contributed by atoms with E-state index in [1.54, 1.807) is 17.8 Å². The molecule has 0 bridgehead atoms. The van der Waals surface area contributed by atoms with Gasteiger partial charge in [-0.05, 0) is 97.6 Å². The van der Waals surface area contributed by atoms with Crippen molar-refractivity contribution in [2.75, 3.05) is 52.1 Å². The summed E-state index contributed by atoms with van der Waals surface area (Å²) >= 11 is 8.06. The van der Waals surface area contributed by atoms with E-state index in [1.165, 1.54) is 28.7 Å². The fourth-order valence-electron chi connectivity index (χ4n) is 6.18. The van der Waals surface area contributed by atoms with Crippen LogP contribution in [0.2, 0.25) is 5.02 Å². The molecule has 6 nitrogen and oxygen atoms in total. The molecule has 0 spiro atoms. The number of piperazine rings is 1. The summed E-state index contributed by atoms with van der Waals surface area (Å²) in [6, 6.07) is 17.6. The average molecular weight is 648 g/mol. The second-order valence-corrected chi connectivity index (χ2v) is 12.6. The average Bonchev–Trinajstić information content (AvgIpc) is 3.01. The molecule has 2 saturated heterocycles. The second-order valence-electron chi connectivity index (χ2n) is 11.3. The van der Waals surface area contributed by atoms with Gasteiger partial charge in [0.15, 0.2) is 0 Å². The summed E-state index contributed by atoms with van der Waals surface area (Å²) in [6.45, 7) is 6.59. The van der Waals surface area contributed by atoms with Gasteiger partial charge in [-0.2, -0.15) is 0 Å². The number of piperidine rings is 1. The summed E-state index contributed by atoms with van der Waals surface area (Å²) < 4.78 is 14.6. The Morgan fingerprint density at radius 3 is 2.42 bits per heavy atom. The number of carbonyl (C=O) groups excluding carboxylic acids is 1. The van der Waals surface area contributed by atoms with Crippen molar-refractivity contribution in [2.45, 2.75) is 36.7 Å². The maximum absolute atomic E-state index is 14.6. The lowest BCUT2D eigenvalue weighted by molar-refractivity contribution is -0.136. The van der Waals surface area contributed by atoms with E-state index >= 15 is 0 Å². The molecule has 0 radical (unpaired) electrons. The zero-order chi connectivity index (χ0) is 29.6. The van der Waals surface area contributed by atoms with Crippen LogP contribution >= 0.6 is 35.8 Å². The summed E-state index contributed by atoms with van der Waals surface area (Å²) in [6.07, 6.45) is 4.56. The van der Waals surface area contributed by atoms with Crippen molar-refractivity contribution in [3.8, 4) is 16.9 Å². The first kappa shape index (κ1) is 33.6. The van der Waals surface area contributed by atoms with Gasteiger partial charge < -0.3 is 20.6 Å². The fourth-order valence-corrected chi connectivity index (χ4v) is 6.98. The van der Waals surface area contributed by atoms with E-state index in [-0.39, 0.29) is 35.8 Å². The van der Waals surface area contributed by atoms with Crippen LogP contribution in [0.5, 0.6) is 5.75 Å². The van der Waals surface area contributed by atoms with Gasteiger partial charge in [-0.1, -0.05) is 35.9 Å². The molecule has 0 saturated carbocycles. The van der Waals surface area contributed by atoms with Crippen LogP contribution in [-0.2, 0) is 17.8 Å². The molecule has 2 aliphatic rings. The van der Waals surface area contributed by atoms with E-state index in [2.05, 4.69) is 40.3 Å². The third-order valence-corrected chi connectivity index (χ3v) is 9.77. The smallest absolute Gasteiger partial charge is 0.239 e. The van der Waals surface area contributed by atoms with Crippen molar-refractivity contribution in [1.29, 1.82) is 0 Å². The summed E-state index contributed by atoms with van der Waals surface area (Å²) in [5.74, 6) is -0.102. The number of hydrogen-bond donors (Lipinski definition) is 2. The first-order chi connectivity index (χ1) is 20.3. The van der Waals surface area contributed by atoms with Crippen molar-refractivity contribution in [2.24, 2.45) is 11.7 Å². The lowest BCUT2D eigenvalue weighted by atomic mass is 9.88. The largest absolute Gasteiger partial charge is 0.508 e. The number of thioether (sulfide) groups is 1. The van der Waals surface area contributed by atoms with E-state index in [0.29, 0.717) is 30.1 Å². The zero-order valence-corrected chi connectivity index (χ0v) is 26.9. The van der Waals surface area contributed by atoms with Gasteiger partial charge in [-0.3, -0.25) is 9.69 Å². The Hall–Kier alpha value is -2.33. The maximum Gasteiger partial charge on any atom is 0.239 e. The minimum Gasteiger partial charge on any atom is -0.508 e. The number of aromatic hydroxyl groups is 1. The highest BCUT2D eigenvalue weighted by atomic mass is 35.5. The van der Waals surface area contributed by atoms with Crippen molar-refractivity contribution in [3.05, 3.63) is 82.6 Å². The third kappa shape index (κ3) is 8.44. The molecule has 1 atom stereocenters. The van der Waals surface area contributed by atoms with Gasteiger partial charge >= 0.3 is 0 Å². The Kier molecular flexibility index (Phi) is 12.2. The van der Waals surface area contributed by atoms with Crippen LogP contribution in [0.3, 0.4) is 0 Å². The van der Waals surface area contributed by atoms with E-state index in [0.717, 1.165) is 63.2 Å². The first-order valence-electron chi connectivity index (χ1n) is 14.7. The molecule has 3 aromatic rings. The zero-order valence-electron chi connectivity index (χ0n) is 24.6. The predicted octanol–water partition coefficient (Wildman–Crippen LogP) is 5.92. The molecule has 2 fully saturated rings. The van der Waals surface area contributed by atoms with Gasteiger partial charge in [0.05, 0.1) is 6.04 Å². The van der Waals surface area contributed by atoms with Gasteiger partial charge in [-0.25, -0.2) is 4.39 Å². The van der Waals surface area contributed by atoms with E-state index in [4.69, 9.17) is 17.3 Å². The molecule has 0 unspecified atom stereocenters. The number of halogens is 3. The van der Waals surface area contributed by atoms with Crippen LogP contribution in [0.1, 0.15) is 24.0 Å². The fraction of sp³-hybridized carbons (Fsp3) is 0.424. The quantitative estimate of drug-likeness (QED) is 0.281. The Morgan fingerprint density at radius 2 is 1.70 bits per heavy atom. The molecule has 5 rings (SSSR count). The summed E-state index contributed by atoms with van der Waals surface area (Å²) in [7, 11) is 0. The van der Waals surface area contributed by atoms with Crippen molar-refractivity contribution in [1.82, 2.24) is 14.7 Å². The Bertz CT molecular complexity index is 1380. The standard InChI is InChI=1S/C33H40ClFN4O2S.ClH/c1-42-31-5-3-2-4-25(31)22-38-16-18-39(19-17-38)33(41)32(36)23-10-13-37(14-11-23)15-12-24-20-26(34)6-8-28(24)29-21-27(40)7-9-30(29)35;/h2-9,20-21,23,32,40H,10-19,22,36H2,1H3;1H/t32-;/m1./s1. The maximum atomic E-state index is 14.6. The number of benzene rings is 3.